The summed E-state index contributed by atoms with van der Waals surface area (Å²) in [7, 11) is 3.73. The number of hydrogen-bond acceptors (Lipinski definition) is 5. The van der Waals surface area contributed by atoms with Crippen molar-refractivity contribution in [2.75, 3.05) is 20.6 Å². The van der Waals surface area contributed by atoms with Crippen LogP contribution in [0, 0.1) is 5.92 Å². The highest BCUT2D eigenvalue weighted by Crippen LogP contribution is 2.20. The number of ketones is 2. The van der Waals surface area contributed by atoms with Crippen molar-refractivity contribution < 1.29 is 19.1 Å². The molecule has 48 heavy (non-hydrogen) atoms. The van der Waals surface area contributed by atoms with Gasteiger partial charge in [-0.15, -0.1) is 0 Å². The number of allylic oxidation sites excluding steroid dienone is 8. The molecule has 0 aromatic carbocycles. The highest BCUT2D eigenvalue weighted by atomic mass is 16.6. The van der Waals surface area contributed by atoms with Gasteiger partial charge in [0, 0.05) is 19.4 Å². The Morgan fingerprint density at radius 3 is 1.31 bits per heavy atom. The molecule has 2 N–H and O–H groups in total. The lowest BCUT2D eigenvalue weighted by Gasteiger charge is -2.27. The zero-order chi connectivity index (χ0) is 35.5. The summed E-state index contributed by atoms with van der Waals surface area (Å²) in [6.45, 7) is 4.82. The molecule has 0 bridgehead atoms. The van der Waals surface area contributed by atoms with Gasteiger partial charge in [-0.05, 0) is 91.1 Å². The van der Waals surface area contributed by atoms with E-state index in [1.807, 2.05) is 19.0 Å². The van der Waals surface area contributed by atoms with E-state index < -0.39 is 18.1 Å². The molecule has 1 amide bonds. The molecule has 0 aromatic heterocycles. The molecule has 0 spiro atoms. The van der Waals surface area contributed by atoms with Gasteiger partial charge in [-0.2, -0.15) is 0 Å². The van der Waals surface area contributed by atoms with Gasteiger partial charge in [0.15, 0.2) is 11.9 Å². The molecule has 6 heteroatoms. The molecular formula is C42H74N2O4. The molecule has 0 aliphatic carbocycles. The van der Waals surface area contributed by atoms with E-state index in [9.17, 15) is 14.4 Å². The van der Waals surface area contributed by atoms with Crippen LogP contribution in [0.3, 0.4) is 0 Å². The highest BCUT2D eigenvalue weighted by molar-refractivity contribution is 5.92. The number of Topliss-reactive ketones (excluding diaryl/α,β-unsaturated/α-hetero) is 2. The summed E-state index contributed by atoms with van der Waals surface area (Å²) < 4.78 is 5.32. The number of rotatable bonds is 34. The zero-order valence-electron chi connectivity index (χ0n) is 31.6. The molecule has 0 rings (SSSR count). The SMILES string of the molecule is CCCCC/C=C\C/C=C\CCCCCCCC(=O)C(CN(C)C)C(OC(N)=O)C(=O)CCCCCCC/C=C\C/C=C\CCCCC. The van der Waals surface area contributed by atoms with E-state index in [0.29, 0.717) is 19.4 Å². The van der Waals surface area contributed by atoms with E-state index in [0.717, 1.165) is 89.9 Å². The van der Waals surface area contributed by atoms with E-state index >= 15 is 0 Å². The third-order valence-electron chi connectivity index (χ3n) is 8.65. The van der Waals surface area contributed by atoms with Crippen LogP contribution < -0.4 is 5.73 Å². The number of primary amides is 1. The van der Waals surface area contributed by atoms with E-state index in [1.165, 1.54) is 51.4 Å². The molecule has 2 unspecified atom stereocenters. The smallest absolute Gasteiger partial charge is 0.405 e. The van der Waals surface area contributed by atoms with Crippen LogP contribution in [0.4, 0.5) is 4.79 Å². The highest BCUT2D eigenvalue weighted by Gasteiger charge is 2.35. The third-order valence-corrected chi connectivity index (χ3v) is 8.65. The molecule has 2 atom stereocenters. The first-order chi connectivity index (χ1) is 23.3. The first-order valence-corrected chi connectivity index (χ1v) is 19.6. The number of carbonyl (C=O) groups excluding carboxylic acids is 3. The lowest BCUT2D eigenvalue weighted by atomic mass is 9.89. The second-order valence-corrected chi connectivity index (χ2v) is 13.6. The Morgan fingerprint density at radius 2 is 0.917 bits per heavy atom. The van der Waals surface area contributed by atoms with Crippen LogP contribution >= 0.6 is 0 Å². The summed E-state index contributed by atoms with van der Waals surface area (Å²) >= 11 is 0. The molecule has 0 saturated carbocycles. The predicted molar refractivity (Wildman–Crippen MR) is 205 cm³/mol. The maximum Gasteiger partial charge on any atom is 0.405 e. The maximum atomic E-state index is 13.3. The van der Waals surface area contributed by atoms with Crippen molar-refractivity contribution in [3.8, 4) is 0 Å². The van der Waals surface area contributed by atoms with Crippen LogP contribution in [0.1, 0.15) is 168 Å². The van der Waals surface area contributed by atoms with Crippen LogP contribution in [-0.4, -0.2) is 49.3 Å². The van der Waals surface area contributed by atoms with Crippen molar-refractivity contribution in [2.45, 2.75) is 174 Å². The van der Waals surface area contributed by atoms with Crippen LogP contribution in [0.5, 0.6) is 0 Å². The van der Waals surface area contributed by atoms with E-state index in [4.69, 9.17) is 10.5 Å². The van der Waals surface area contributed by atoms with Crippen LogP contribution in [0.25, 0.3) is 0 Å². The summed E-state index contributed by atoms with van der Waals surface area (Å²) in [5, 5.41) is 0. The van der Waals surface area contributed by atoms with Crippen LogP contribution in [-0.2, 0) is 14.3 Å². The molecule has 0 radical (unpaired) electrons. The first kappa shape index (κ1) is 45.5. The minimum absolute atomic E-state index is 0.0194. The Labute approximate surface area is 296 Å². The lowest BCUT2D eigenvalue weighted by Crippen LogP contribution is -2.44. The van der Waals surface area contributed by atoms with E-state index in [1.54, 1.807) is 0 Å². The first-order valence-electron chi connectivity index (χ1n) is 19.6. The predicted octanol–water partition coefficient (Wildman–Crippen LogP) is 11.4. The van der Waals surface area contributed by atoms with Crippen LogP contribution in [0.15, 0.2) is 48.6 Å². The maximum absolute atomic E-state index is 13.3. The van der Waals surface area contributed by atoms with Crippen molar-refractivity contribution in [3.63, 3.8) is 0 Å². The Balaban J connectivity index is 4.40. The summed E-state index contributed by atoms with van der Waals surface area (Å²) in [4.78, 5) is 40.2. The van der Waals surface area contributed by atoms with Gasteiger partial charge in [0.2, 0.25) is 0 Å². The van der Waals surface area contributed by atoms with Crippen molar-refractivity contribution in [3.05, 3.63) is 48.6 Å². The largest absolute Gasteiger partial charge is 0.438 e. The number of unbranched alkanes of at least 4 members (excludes halogenated alkanes) is 16. The zero-order valence-corrected chi connectivity index (χ0v) is 31.6. The van der Waals surface area contributed by atoms with E-state index in [2.05, 4.69) is 62.5 Å². The van der Waals surface area contributed by atoms with Gasteiger partial charge in [0.25, 0.3) is 0 Å². The molecule has 0 fully saturated rings. The number of ether oxygens (including phenoxy) is 1. The van der Waals surface area contributed by atoms with Crippen molar-refractivity contribution >= 4 is 17.7 Å². The van der Waals surface area contributed by atoms with Crippen molar-refractivity contribution in [1.29, 1.82) is 0 Å². The average molecular weight is 671 g/mol. The normalized spacial score (nSPS) is 13.4. The fourth-order valence-corrected chi connectivity index (χ4v) is 5.81. The van der Waals surface area contributed by atoms with Gasteiger partial charge in [-0.1, -0.05) is 127 Å². The van der Waals surface area contributed by atoms with Gasteiger partial charge in [-0.25, -0.2) is 4.79 Å². The standard InChI is InChI=1S/C42H74N2O4/c1-5-7-9-11-13-15-17-19-21-23-25-27-29-31-33-35-39(45)38(37-44(3)4)41(48-42(43)47)40(46)36-34-32-30-28-26-24-22-20-18-16-14-12-10-8-6-2/h13-16,19-22,38,41H,5-12,17-18,23-37H2,1-4H3,(H2,43,47)/b15-13-,16-14-,21-19-,22-20-. The minimum Gasteiger partial charge on any atom is -0.438 e. The van der Waals surface area contributed by atoms with Gasteiger partial charge in [0.05, 0.1) is 5.92 Å². The molecular weight excluding hydrogens is 596 g/mol. The second kappa shape index (κ2) is 34.4. The molecule has 0 aliphatic heterocycles. The van der Waals surface area contributed by atoms with E-state index in [-0.39, 0.29) is 11.6 Å². The average Bonchev–Trinajstić information content (AvgIpc) is 3.05. The molecule has 0 aromatic rings. The van der Waals surface area contributed by atoms with Gasteiger partial charge in [-0.3, -0.25) is 9.59 Å². The van der Waals surface area contributed by atoms with Crippen LogP contribution in [0.2, 0.25) is 0 Å². The van der Waals surface area contributed by atoms with Crippen molar-refractivity contribution in [1.82, 2.24) is 4.90 Å². The summed E-state index contributed by atoms with van der Waals surface area (Å²) in [6, 6.07) is 0. The topological polar surface area (TPSA) is 89.7 Å². The summed E-state index contributed by atoms with van der Waals surface area (Å²) in [5.41, 5.74) is 5.37. The lowest BCUT2D eigenvalue weighted by molar-refractivity contribution is -0.138. The van der Waals surface area contributed by atoms with Gasteiger partial charge < -0.3 is 15.4 Å². The van der Waals surface area contributed by atoms with Gasteiger partial charge >= 0.3 is 6.09 Å². The quantitative estimate of drug-likeness (QED) is 0.0543. The number of carbonyl (C=O) groups is 3. The molecule has 0 aliphatic rings. The minimum atomic E-state index is -1.11. The Hall–Kier alpha value is -2.47. The fraction of sp³-hybridized carbons (Fsp3) is 0.738. The fourth-order valence-electron chi connectivity index (χ4n) is 5.81. The summed E-state index contributed by atoms with van der Waals surface area (Å²) in [5.74, 6) is -0.905. The van der Waals surface area contributed by atoms with Crippen molar-refractivity contribution in [2.24, 2.45) is 11.7 Å². The Kier molecular flexibility index (Phi) is 32.6. The summed E-state index contributed by atoms with van der Waals surface area (Å²) in [6.07, 6.45) is 41.2. The second-order valence-electron chi connectivity index (χ2n) is 13.6. The molecule has 276 valence electrons. The number of nitrogens with zero attached hydrogens (tertiary/aromatic N) is 1. The third kappa shape index (κ3) is 29.7. The number of amides is 1. The molecule has 0 saturated heterocycles. The monoisotopic (exact) mass is 671 g/mol. The molecule has 0 heterocycles. The number of hydrogen-bond donors (Lipinski definition) is 1. The Bertz CT molecular complexity index is 905. The Morgan fingerprint density at radius 1 is 0.542 bits per heavy atom. The molecule has 6 nitrogen and oxygen atoms in total. The van der Waals surface area contributed by atoms with Gasteiger partial charge in [0.1, 0.15) is 5.78 Å². The number of nitrogens with two attached hydrogens (primary N) is 1.